The fourth-order valence-electron chi connectivity index (χ4n) is 1.22. The Morgan fingerprint density at radius 1 is 1.07 bits per heavy atom. The Bertz CT molecular complexity index is 293. The van der Waals surface area contributed by atoms with E-state index in [-0.39, 0.29) is 5.41 Å². The summed E-state index contributed by atoms with van der Waals surface area (Å²) >= 11 is 11.5. The van der Waals surface area contributed by atoms with Crippen LogP contribution in [0.1, 0.15) is 37.7 Å². The van der Waals surface area contributed by atoms with E-state index in [1.165, 1.54) is 5.56 Å². The lowest BCUT2D eigenvalue weighted by atomic mass is 9.87. The highest BCUT2D eigenvalue weighted by molar-refractivity contribution is 6.17. The van der Waals surface area contributed by atoms with E-state index in [9.17, 15) is 0 Å². The molecule has 1 nitrogen and oxygen atoms in total. The van der Waals surface area contributed by atoms with Crippen LogP contribution in [0.5, 0.6) is 0 Å². The fourth-order valence-corrected chi connectivity index (χ4v) is 1.49. The molecule has 0 radical (unpaired) electrons. The van der Waals surface area contributed by atoms with Crippen LogP contribution in [0, 0.1) is 0 Å². The van der Waals surface area contributed by atoms with E-state index in [1.807, 2.05) is 12.1 Å². The van der Waals surface area contributed by atoms with Crippen molar-refractivity contribution in [3.05, 3.63) is 29.1 Å². The SMILES string of the molecule is CC(C)(C)c1cc(CCl)nc(CCl)c1. The predicted octanol–water partition coefficient (Wildman–Crippen LogP) is 3.86. The van der Waals surface area contributed by atoms with Gasteiger partial charge in [-0.05, 0) is 23.1 Å². The van der Waals surface area contributed by atoms with E-state index in [2.05, 4.69) is 25.8 Å². The third-order valence-corrected chi connectivity index (χ3v) is 2.62. The van der Waals surface area contributed by atoms with Gasteiger partial charge in [0.1, 0.15) is 0 Å². The van der Waals surface area contributed by atoms with Gasteiger partial charge in [-0.2, -0.15) is 0 Å². The molecule has 1 aromatic heterocycles. The Labute approximate surface area is 95.4 Å². The van der Waals surface area contributed by atoms with Gasteiger partial charge < -0.3 is 0 Å². The monoisotopic (exact) mass is 231 g/mol. The number of hydrogen-bond acceptors (Lipinski definition) is 1. The van der Waals surface area contributed by atoms with Crippen LogP contribution in [-0.4, -0.2) is 4.98 Å². The van der Waals surface area contributed by atoms with E-state index < -0.39 is 0 Å². The highest BCUT2D eigenvalue weighted by Crippen LogP contribution is 2.24. The van der Waals surface area contributed by atoms with Gasteiger partial charge in [0.05, 0.1) is 23.1 Å². The van der Waals surface area contributed by atoms with Gasteiger partial charge in [0.25, 0.3) is 0 Å². The zero-order valence-corrected chi connectivity index (χ0v) is 10.3. The van der Waals surface area contributed by atoms with Gasteiger partial charge in [-0.1, -0.05) is 20.8 Å². The minimum absolute atomic E-state index is 0.116. The molecule has 0 atom stereocenters. The van der Waals surface area contributed by atoms with Crippen molar-refractivity contribution in [3.63, 3.8) is 0 Å². The standard InChI is InChI=1S/C11H15Cl2N/c1-11(2,3)8-4-9(6-12)14-10(5-8)7-13/h4-5H,6-7H2,1-3H3. The van der Waals surface area contributed by atoms with E-state index in [0.29, 0.717) is 11.8 Å². The van der Waals surface area contributed by atoms with Crippen molar-refractivity contribution in [3.8, 4) is 0 Å². The molecule has 78 valence electrons. The first-order valence-corrected chi connectivity index (χ1v) is 5.66. The zero-order valence-electron chi connectivity index (χ0n) is 8.77. The predicted molar refractivity (Wildman–Crippen MR) is 62.1 cm³/mol. The summed E-state index contributed by atoms with van der Waals surface area (Å²) in [6.07, 6.45) is 0. The highest BCUT2D eigenvalue weighted by atomic mass is 35.5. The van der Waals surface area contributed by atoms with Gasteiger partial charge in [0, 0.05) is 0 Å². The van der Waals surface area contributed by atoms with Crippen LogP contribution in [0.2, 0.25) is 0 Å². The van der Waals surface area contributed by atoms with Gasteiger partial charge in [-0.25, -0.2) is 0 Å². The quantitative estimate of drug-likeness (QED) is 0.705. The third-order valence-electron chi connectivity index (χ3n) is 2.07. The van der Waals surface area contributed by atoms with Crippen molar-refractivity contribution in [2.75, 3.05) is 0 Å². The molecule has 1 heterocycles. The number of aromatic nitrogens is 1. The molecule has 3 heteroatoms. The number of alkyl halides is 2. The molecule has 0 N–H and O–H groups in total. The molecular weight excluding hydrogens is 217 g/mol. The molecule has 1 aromatic rings. The smallest absolute Gasteiger partial charge is 0.0647 e. The Morgan fingerprint density at radius 2 is 1.50 bits per heavy atom. The average Bonchev–Trinajstić information content (AvgIpc) is 2.15. The Balaban J connectivity index is 3.17. The van der Waals surface area contributed by atoms with Crippen LogP contribution in [0.25, 0.3) is 0 Å². The molecule has 0 aliphatic rings. The summed E-state index contributed by atoms with van der Waals surface area (Å²) in [4.78, 5) is 4.32. The van der Waals surface area contributed by atoms with E-state index in [4.69, 9.17) is 23.2 Å². The number of halogens is 2. The number of nitrogens with zero attached hydrogens (tertiary/aromatic N) is 1. The topological polar surface area (TPSA) is 12.9 Å². The first-order valence-electron chi connectivity index (χ1n) is 4.59. The van der Waals surface area contributed by atoms with Crippen LogP contribution in [0.4, 0.5) is 0 Å². The van der Waals surface area contributed by atoms with Crippen molar-refractivity contribution in [1.29, 1.82) is 0 Å². The Morgan fingerprint density at radius 3 is 1.79 bits per heavy atom. The van der Waals surface area contributed by atoms with Crippen molar-refractivity contribution in [2.45, 2.75) is 37.9 Å². The lowest BCUT2D eigenvalue weighted by molar-refractivity contribution is 0.587. The number of pyridine rings is 1. The maximum absolute atomic E-state index is 5.77. The molecule has 0 spiro atoms. The van der Waals surface area contributed by atoms with Crippen LogP contribution in [0.3, 0.4) is 0 Å². The average molecular weight is 232 g/mol. The summed E-state index contributed by atoms with van der Waals surface area (Å²) in [5, 5.41) is 0. The first kappa shape index (κ1) is 11.8. The number of rotatable bonds is 2. The first-order chi connectivity index (χ1) is 6.47. The minimum atomic E-state index is 0.116. The number of hydrogen-bond donors (Lipinski definition) is 0. The van der Waals surface area contributed by atoms with E-state index in [1.54, 1.807) is 0 Å². The van der Waals surface area contributed by atoms with Gasteiger partial charge >= 0.3 is 0 Å². The third kappa shape index (κ3) is 2.86. The van der Waals surface area contributed by atoms with Crippen molar-refractivity contribution in [2.24, 2.45) is 0 Å². The molecule has 0 fully saturated rings. The van der Waals surface area contributed by atoms with E-state index >= 15 is 0 Å². The van der Waals surface area contributed by atoms with Gasteiger partial charge in [0.15, 0.2) is 0 Å². The molecule has 0 aromatic carbocycles. The molecule has 0 saturated heterocycles. The van der Waals surface area contributed by atoms with Gasteiger partial charge in [0.2, 0.25) is 0 Å². The summed E-state index contributed by atoms with van der Waals surface area (Å²) in [6, 6.07) is 4.09. The zero-order chi connectivity index (χ0) is 10.8. The second kappa shape index (κ2) is 4.50. The molecule has 14 heavy (non-hydrogen) atoms. The summed E-state index contributed by atoms with van der Waals surface area (Å²) in [5.41, 5.74) is 3.15. The molecule has 0 unspecified atom stereocenters. The summed E-state index contributed by atoms with van der Waals surface area (Å²) < 4.78 is 0. The lowest BCUT2D eigenvalue weighted by Gasteiger charge is -2.20. The highest BCUT2D eigenvalue weighted by Gasteiger charge is 2.15. The van der Waals surface area contributed by atoms with Crippen LogP contribution in [0.15, 0.2) is 12.1 Å². The van der Waals surface area contributed by atoms with Crippen molar-refractivity contribution in [1.82, 2.24) is 4.98 Å². The van der Waals surface area contributed by atoms with Crippen LogP contribution >= 0.6 is 23.2 Å². The molecule has 0 amide bonds. The molecule has 0 aliphatic carbocycles. The molecule has 0 aliphatic heterocycles. The van der Waals surface area contributed by atoms with E-state index in [0.717, 1.165) is 11.4 Å². The maximum Gasteiger partial charge on any atom is 0.0647 e. The molecule has 0 saturated carbocycles. The second-order valence-electron chi connectivity index (χ2n) is 4.36. The summed E-state index contributed by atoms with van der Waals surface area (Å²) in [6.45, 7) is 6.50. The molecular formula is C11H15Cl2N. The second-order valence-corrected chi connectivity index (χ2v) is 4.89. The Kier molecular flexibility index (Phi) is 3.79. The molecule has 1 rings (SSSR count). The minimum Gasteiger partial charge on any atom is -0.255 e. The van der Waals surface area contributed by atoms with Crippen molar-refractivity contribution >= 4 is 23.2 Å². The summed E-state index contributed by atoms with van der Waals surface area (Å²) in [7, 11) is 0. The maximum atomic E-state index is 5.77. The Hall–Kier alpha value is -0.270. The lowest BCUT2D eigenvalue weighted by Crippen LogP contribution is -2.12. The molecule has 0 bridgehead atoms. The fraction of sp³-hybridized carbons (Fsp3) is 0.545. The van der Waals surface area contributed by atoms with Gasteiger partial charge in [-0.15, -0.1) is 23.2 Å². The normalized spacial score (nSPS) is 11.8. The largest absolute Gasteiger partial charge is 0.255 e. The van der Waals surface area contributed by atoms with Crippen molar-refractivity contribution < 1.29 is 0 Å². The van der Waals surface area contributed by atoms with Gasteiger partial charge in [-0.3, -0.25) is 4.98 Å². The summed E-state index contributed by atoms with van der Waals surface area (Å²) in [5.74, 6) is 0.877. The van der Waals surface area contributed by atoms with Crippen LogP contribution in [-0.2, 0) is 17.2 Å². The van der Waals surface area contributed by atoms with Crippen LogP contribution < -0.4 is 0 Å².